The first-order valence-corrected chi connectivity index (χ1v) is 6.86. The van der Waals surface area contributed by atoms with Crippen molar-refractivity contribution in [1.29, 1.82) is 0 Å². The van der Waals surface area contributed by atoms with Gasteiger partial charge in [-0.05, 0) is 18.2 Å². The van der Waals surface area contributed by atoms with Gasteiger partial charge in [0.25, 0.3) is 0 Å². The average molecular weight is 278 g/mol. The molecule has 0 aliphatic heterocycles. The van der Waals surface area contributed by atoms with Gasteiger partial charge in [-0.15, -0.1) is 11.3 Å². The van der Waals surface area contributed by atoms with E-state index in [1.165, 1.54) is 0 Å². The van der Waals surface area contributed by atoms with Gasteiger partial charge in [0.2, 0.25) is 12.2 Å². The highest BCUT2D eigenvalue weighted by atomic mass is 32.1. The number of hydrogen-bond donors (Lipinski definition) is 1. The lowest BCUT2D eigenvalue weighted by Crippen LogP contribution is -1.87. The maximum atomic E-state index is 9.98. The summed E-state index contributed by atoms with van der Waals surface area (Å²) >= 11 is 1.59. The molecule has 4 aromatic rings. The fraction of sp³-hybridized carbons (Fsp3) is 0. The molecular weight excluding hydrogens is 270 g/mol. The van der Waals surface area contributed by atoms with Crippen LogP contribution >= 0.6 is 11.3 Å². The van der Waals surface area contributed by atoms with Crippen LogP contribution in [-0.2, 0) is 0 Å². The van der Waals surface area contributed by atoms with Crippen molar-refractivity contribution < 1.29 is 5.11 Å². The Morgan fingerprint density at radius 2 is 1.80 bits per heavy atom. The molecule has 0 bridgehead atoms. The van der Waals surface area contributed by atoms with Crippen LogP contribution in [0.4, 0.5) is 0 Å². The highest BCUT2D eigenvalue weighted by molar-refractivity contribution is 7.21. The van der Waals surface area contributed by atoms with E-state index in [-0.39, 0.29) is 5.88 Å². The Kier molecular flexibility index (Phi) is 2.40. The van der Waals surface area contributed by atoms with Crippen molar-refractivity contribution >= 4 is 32.5 Å². The summed E-state index contributed by atoms with van der Waals surface area (Å²) in [6, 6.07) is 13.6. The van der Waals surface area contributed by atoms with E-state index >= 15 is 0 Å². The van der Waals surface area contributed by atoms with Gasteiger partial charge >= 0.3 is 0 Å². The van der Waals surface area contributed by atoms with Crippen molar-refractivity contribution in [1.82, 2.24) is 15.0 Å². The van der Waals surface area contributed by atoms with Gasteiger partial charge in [0.15, 0.2) is 0 Å². The van der Waals surface area contributed by atoms with Crippen LogP contribution < -0.4 is 0 Å². The van der Waals surface area contributed by atoms with E-state index in [2.05, 4.69) is 21.3 Å². The molecule has 5 heteroatoms. The third-order valence-electron chi connectivity index (χ3n) is 3.12. The van der Waals surface area contributed by atoms with Gasteiger partial charge in [0, 0.05) is 5.56 Å². The van der Waals surface area contributed by atoms with Crippen LogP contribution in [0, 0.1) is 6.33 Å². The Balaban J connectivity index is 2.07. The number of benzene rings is 2. The largest absolute Gasteiger partial charge is 0.493 e. The minimum Gasteiger partial charge on any atom is -0.493 e. The van der Waals surface area contributed by atoms with E-state index in [0.717, 1.165) is 20.8 Å². The molecule has 2 aromatic carbocycles. The first kappa shape index (κ1) is 11.3. The number of para-hydroxylation sites is 1. The summed E-state index contributed by atoms with van der Waals surface area (Å²) < 4.78 is 1.11. The molecule has 0 fully saturated rings. The molecule has 2 heterocycles. The van der Waals surface area contributed by atoms with E-state index in [9.17, 15) is 5.11 Å². The molecule has 1 N–H and O–H groups in total. The monoisotopic (exact) mass is 278 g/mol. The molecule has 20 heavy (non-hydrogen) atoms. The molecule has 0 saturated carbocycles. The molecule has 1 radical (unpaired) electrons. The summed E-state index contributed by atoms with van der Waals surface area (Å²) in [5, 5.41) is 11.4. The molecule has 0 aliphatic carbocycles. The maximum absolute atomic E-state index is 9.98. The van der Waals surface area contributed by atoms with E-state index in [4.69, 9.17) is 0 Å². The molecule has 2 aromatic heterocycles. The molecule has 0 saturated heterocycles. The summed E-state index contributed by atoms with van der Waals surface area (Å²) in [7, 11) is 0. The first-order valence-electron chi connectivity index (χ1n) is 6.04. The fourth-order valence-electron chi connectivity index (χ4n) is 2.22. The van der Waals surface area contributed by atoms with Gasteiger partial charge in [-0.1, -0.05) is 24.3 Å². The van der Waals surface area contributed by atoms with Crippen molar-refractivity contribution in [2.24, 2.45) is 0 Å². The number of nitrogens with zero attached hydrogens (tertiary/aromatic N) is 3. The average Bonchev–Trinajstić information content (AvgIpc) is 2.91. The lowest BCUT2D eigenvalue weighted by atomic mass is 10.1. The minimum atomic E-state index is -0.0649. The third kappa shape index (κ3) is 1.64. The van der Waals surface area contributed by atoms with Crippen molar-refractivity contribution in [3.63, 3.8) is 0 Å². The highest BCUT2D eigenvalue weighted by Gasteiger charge is 2.13. The minimum absolute atomic E-state index is 0.0649. The molecule has 4 nitrogen and oxygen atoms in total. The molecular formula is C15H8N3OS. The summed E-state index contributed by atoms with van der Waals surface area (Å²) in [6.07, 6.45) is 2.44. The number of aromatic hydroxyl groups is 1. The van der Waals surface area contributed by atoms with Gasteiger partial charge in [-0.3, -0.25) is 0 Å². The summed E-state index contributed by atoms with van der Waals surface area (Å²) in [5.41, 5.74) is 2.46. The van der Waals surface area contributed by atoms with Gasteiger partial charge in [-0.2, -0.15) is 4.98 Å². The van der Waals surface area contributed by atoms with Gasteiger partial charge in [-0.25, -0.2) is 9.97 Å². The normalized spacial score (nSPS) is 11.2. The topological polar surface area (TPSA) is 58.9 Å². The zero-order valence-corrected chi connectivity index (χ0v) is 11.1. The van der Waals surface area contributed by atoms with Crippen LogP contribution in [0.25, 0.3) is 31.7 Å². The molecule has 0 spiro atoms. The SMILES string of the molecule is Oc1n[c]nc2cccc(-c3nc4ccccc4s3)c12. The number of aromatic nitrogens is 3. The van der Waals surface area contributed by atoms with E-state index in [1.54, 1.807) is 11.3 Å². The molecule has 0 aliphatic rings. The van der Waals surface area contributed by atoms with E-state index < -0.39 is 0 Å². The van der Waals surface area contributed by atoms with Crippen molar-refractivity contribution in [3.8, 4) is 16.5 Å². The quantitative estimate of drug-likeness (QED) is 0.579. The van der Waals surface area contributed by atoms with Crippen LogP contribution in [0.1, 0.15) is 0 Å². The smallest absolute Gasteiger partial charge is 0.223 e. The lowest BCUT2D eigenvalue weighted by Gasteiger charge is -2.03. The van der Waals surface area contributed by atoms with Gasteiger partial charge in [0.05, 0.1) is 21.1 Å². The Labute approximate surface area is 118 Å². The van der Waals surface area contributed by atoms with Crippen molar-refractivity contribution in [2.75, 3.05) is 0 Å². The second kappa shape index (κ2) is 4.25. The second-order valence-corrected chi connectivity index (χ2v) is 5.36. The van der Waals surface area contributed by atoms with Gasteiger partial charge < -0.3 is 5.11 Å². The van der Waals surface area contributed by atoms with Crippen LogP contribution in [-0.4, -0.2) is 20.1 Å². The predicted molar refractivity (Wildman–Crippen MR) is 78.7 cm³/mol. The van der Waals surface area contributed by atoms with Crippen LogP contribution in [0.3, 0.4) is 0 Å². The zero-order valence-electron chi connectivity index (χ0n) is 10.2. The summed E-state index contributed by atoms with van der Waals surface area (Å²) in [4.78, 5) is 12.4. The summed E-state index contributed by atoms with van der Waals surface area (Å²) in [5.74, 6) is -0.0649. The standard InChI is InChI=1S/C15H8N3OS/c19-14-13-9(4-3-6-11(13)16-8-17-14)15-18-10-5-1-2-7-12(10)20-15/h1-7H,(H,16,17,19). The summed E-state index contributed by atoms with van der Waals surface area (Å²) in [6.45, 7) is 0. The molecule has 95 valence electrons. The van der Waals surface area contributed by atoms with Crippen LogP contribution in [0.15, 0.2) is 42.5 Å². The number of rotatable bonds is 1. The fourth-order valence-corrected chi connectivity index (χ4v) is 3.21. The zero-order chi connectivity index (χ0) is 13.5. The molecule has 0 atom stereocenters. The second-order valence-electron chi connectivity index (χ2n) is 4.33. The maximum Gasteiger partial charge on any atom is 0.223 e. The third-order valence-corrected chi connectivity index (χ3v) is 4.19. The number of hydrogen-bond acceptors (Lipinski definition) is 5. The lowest BCUT2D eigenvalue weighted by molar-refractivity contribution is 0.459. The van der Waals surface area contributed by atoms with Crippen LogP contribution in [0.2, 0.25) is 0 Å². The number of fused-ring (bicyclic) bond motifs is 2. The number of thiazole rings is 1. The van der Waals surface area contributed by atoms with Crippen molar-refractivity contribution in [3.05, 3.63) is 48.8 Å². The van der Waals surface area contributed by atoms with Gasteiger partial charge in [0.1, 0.15) is 5.01 Å². The predicted octanol–water partition coefficient (Wildman–Crippen LogP) is 3.41. The Morgan fingerprint density at radius 3 is 2.70 bits per heavy atom. The van der Waals surface area contributed by atoms with Crippen molar-refractivity contribution in [2.45, 2.75) is 0 Å². The Hall–Kier alpha value is -2.53. The van der Waals surface area contributed by atoms with Crippen LogP contribution in [0.5, 0.6) is 5.88 Å². The van der Waals surface area contributed by atoms with E-state index in [1.807, 2.05) is 42.5 Å². The first-order chi connectivity index (χ1) is 9.83. The van der Waals surface area contributed by atoms with E-state index in [0.29, 0.717) is 10.9 Å². The Morgan fingerprint density at radius 1 is 0.950 bits per heavy atom. The highest BCUT2D eigenvalue weighted by Crippen LogP contribution is 2.36. The Bertz CT molecular complexity index is 894. The molecule has 0 amide bonds. The molecule has 0 unspecified atom stereocenters. The molecule has 4 rings (SSSR count).